The van der Waals surface area contributed by atoms with E-state index in [2.05, 4.69) is 36.7 Å². The van der Waals surface area contributed by atoms with Crippen LogP contribution in [-0.2, 0) is 0 Å². The fourth-order valence-corrected chi connectivity index (χ4v) is 1.71. The van der Waals surface area contributed by atoms with Crippen molar-refractivity contribution in [3.05, 3.63) is 18.0 Å². The van der Waals surface area contributed by atoms with Gasteiger partial charge in [0.25, 0.3) is 0 Å². The first kappa shape index (κ1) is 10.3. The second-order valence-electron chi connectivity index (χ2n) is 3.73. The highest BCUT2D eigenvalue weighted by Crippen LogP contribution is 2.19. The lowest BCUT2D eigenvalue weighted by Gasteiger charge is -2.15. The lowest BCUT2D eigenvalue weighted by Crippen LogP contribution is -2.08. The van der Waals surface area contributed by atoms with E-state index >= 15 is 0 Å². The van der Waals surface area contributed by atoms with Crippen LogP contribution in [0.3, 0.4) is 0 Å². The predicted molar refractivity (Wildman–Crippen MR) is 55.8 cm³/mol. The van der Waals surface area contributed by atoms with Crippen molar-refractivity contribution >= 4 is 0 Å². The molecule has 0 unspecified atom stereocenters. The van der Waals surface area contributed by atoms with E-state index in [1.165, 1.54) is 31.2 Å². The number of rotatable bonds is 5. The molecule has 0 spiro atoms. The van der Waals surface area contributed by atoms with Crippen molar-refractivity contribution in [3.63, 3.8) is 0 Å². The minimum absolute atomic E-state index is 0.615. The van der Waals surface area contributed by atoms with E-state index in [1.807, 2.05) is 6.20 Å². The zero-order chi connectivity index (χ0) is 9.68. The molecule has 0 N–H and O–H groups in total. The van der Waals surface area contributed by atoms with Crippen molar-refractivity contribution in [2.24, 2.45) is 0 Å². The smallest absolute Gasteiger partial charge is 0.0519 e. The molecular weight excluding hydrogens is 160 g/mol. The SMILES string of the molecule is CCCC(CCC)n1cc(C)cn1. The standard InChI is InChI=1S/C11H20N2/c1-4-6-11(7-5-2)13-9-10(3)8-12-13/h8-9,11H,4-7H2,1-3H3. The fraction of sp³-hybridized carbons (Fsp3) is 0.727. The van der Waals surface area contributed by atoms with Gasteiger partial charge >= 0.3 is 0 Å². The summed E-state index contributed by atoms with van der Waals surface area (Å²) in [7, 11) is 0. The Balaban J connectivity index is 2.63. The summed E-state index contributed by atoms with van der Waals surface area (Å²) in [4.78, 5) is 0. The molecule has 0 fully saturated rings. The van der Waals surface area contributed by atoms with E-state index < -0.39 is 0 Å². The Kier molecular flexibility index (Phi) is 4.00. The minimum atomic E-state index is 0.615. The van der Waals surface area contributed by atoms with Gasteiger partial charge in [0.05, 0.1) is 12.2 Å². The van der Waals surface area contributed by atoms with E-state index in [0.29, 0.717) is 6.04 Å². The molecule has 0 aliphatic heterocycles. The number of nitrogens with zero attached hydrogens (tertiary/aromatic N) is 2. The quantitative estimate of drug-likeness (QED) is 0.679. The van der Waals surface area contributed by atoms with Gasteiger partial charge in [-0.05, 0) is 25.3 Å². The number of hydrogen-bond acceptors (Lipinski definition) is 1. The summed E-state index contributed by atoms with van der Waals surface area (Å²) in [5, 5.41) is 4.37. The molecule has 0 aliphatic carbocycles. The van der Waals surface area contributed by atoms with Gasteiger partial charge in [-0.25, -0.2) is 0 Å². The normalized spacial score (nSPS) is 11.1. The van der Waals surface area contributed by atoms with Gasteiger partial charge in [-0.2, -0.15) is 5.10 Å². The average molecular weight is 180 g/mol. The fourth-order valence-electron chi connectivity index (χ4n) is 1.71. The van der Waals surface area contributed by atoms with Gasteiger partial charge in [0.2, 0.25) is 0 Å². The van der Waals surface area contributed by atoms with Crippen molar-refractivity contribution in [2.45, 2.75) is 52.5 Å². The Hall–Kier alpha value is -0.790. The Morgan fingerprint density at radius 1 is 1.31 bits per heavy atom. The predicted octanol–water partition coefficient (Wildman–Crippen LogP) is 3.33. The van der Waals surface area contributed by atoms with Gasteiger partial charge in [-0.1, -0.05) is 26.7 Å². The largest absolute Gasteiger partial charge is 0.269 e. The zero-order valence-corrected chi connectivity index (χ0v) is 8.95. The number of aromatic nitrogens is 2. The van der Waals surface area contributed by atoms with Crippen LogP contribution >= 0.6 is 0 Å². The van der Waals surface area contributed by atoms with Gasteiger partial charge in [0.1, 0.15) is 0 Å². The van der Waals surface area contributed by atoms with Crippen molar-refractivity contribution in [1.82, 2.24) is 9.78 Å². The Morgan fingerprint density at radius 2 is 1.92 bits per heavy atom. The molecule has 0 amide bonds. The molecule has 2 heteroatoms. The Morgan fingerprint density at radius 3 is 2.31 bits per heavy atom. The van der Waals surface area contributed by atoms with Gasteiger partial charge < -0.3 is 0 Å². The summed E-state index contributed by atoms with van der Waals surface area (Å²) in [6, 6.07) is 0.615. The van der Waals surface area contributed by atoms with E-state index in [0.717, 1.165) is 0 Å². The van der Waals surface area contributed by atoms with Crippen molar-refractivity contribution in [3.8, 4) is 0 Å². The molecule has 1 aromatic heterocycles. The molecule has 0 radical (unpaired) electrons. The zero-order valence-electron chi connectivity index (χ0n) is 8.95. The lowest BCUT2D eigenvalue weighted by molar-refractivity contribution is 0.391. The molecule has 1 heterocycles. The molecule has 0 aliphatic rings. The minimum Gasteiger partial charge on any atom is -0.269 e. The van der Waals surface area contributed by atoms with Crippen LogP contribution in [-0.4, -0.2) is 9.78 Å². The first-order valence-electron chi connectivity index (χ1n) is 5.28. The lowest BCUT2D eigenvalue weighted by atomic mass is 10.1. The molecule has 1 aromatic rings. The van der Waals surface area contributed by atoms with Crippen LogP contribution in [0.4, 0.5) is 0 Å². The summed E-state index contributed by atoms with van der Waals surface area (Å²) in [6.45, 7) is 6.57. The van der Waals surface area contributed by atoms with Crippen LogP contribution in [0.25, 0.3) is 0 Å². The van der Waals surface area contributed by atoms with Crippen LogP contribution in [0.2, 0.25) is 0 Å². The van der Waals surface area contributed by atoms with Crippen LogP contribution < -0.4 is 0 Å². The highest BCUT2D eigenvalue weighted by molar-refractivity contribution is 5.00. The summed E-state index contributed by atoms with van der Waals surface area (Å²) < 4.78 is 2.13. The second-order valence-corrected chi connectivity index (χ2v) is 3.73. The van der Waals surface area contributed by atoms with E-state index in [-0.39, 0.29) is 0 Å². The van der Waals surface area contributed by atoms with Crippen molar-refractivity contribution in [2.75, 3.05) is 0 Å². The molecule has 2 nitrogen and oxygen atoms in total. The summed E-state index contributed by atoms with van der Waals surface area (Å²) in [6.07, 6.45) is 9.06. The second kappa shape index (κ2) is 5.05. The molecule has 0 aromatic carbocycles. The van der Waals surface area contributed by atoms with Crippen LogP contribution in [0, 0.1) is 6.92 Å². The Bertz CT molecular complexity index is 234. The average Bonchev–Trinajstić information content (AvgIpc) is 2.51. The topological polar surface area (TPSA) is 17.8 Å². The monoisotopic (exact) mass is 180 g/mol. The highest BCUT2D eigenvalue weighted by Gasteiger charge is 2.08. The Labute approximate surface area is 81.0 Å². The van der Waals surface area contributed by atoms with Crippen LogP contribution in [0.1, 0.15) is 51.1 Å². The third-order valence-corrected chi connectivity index (χ3v) is 2.35. The van der Waals surface area contributed by atoms with Crippen molar-refractivity contribution < 1.29 is 0 Å². The van der Waals surface area contributed by atoms with Crippen LogP contribution in [0.15, 0.2) is 12.4 Å². The van der Waals surface area contributed by atoms with E-state index in [1.54, 1.807) is 0 Å². The van der Waals surface area contributed by atoms with Crippen molar-refractivity contribution in [1.29, 1.82) is 0 Å². The van der Waals surface area contributed by atoms with Gasteiger partial charge in [-0.15, -0.1) is 0 Å². The number of aryl methyl sites for hydroxylation is 1. The maximum absolute atomic E-state index is 4.37. The molecule has 0 atom stereocenters. The summed E-state index contributed by atoms with van der Waals surface area (Å²) in [5.41, 5.74) is 1.26. The molecule has 0 saturated heterocycles. The molecule has 1 rings (SSSR count). The summed E-state index contributed by atoms with van der Waals surface area (Å²) in [5.74, 6) is 0. The molecule has 74 valence electrons. The molecule has 0 saturated carbocycles. The molecular formula is C11H20N2. The first-order valence-corrected chi connectivity index (χ1v) is 5.28. The van der Waals surface area contributed by atoms with Gasteiger partial charge in [-0.3, -0.25) is 4.68 Å². The van der Waals surface area contributed by atoms with E-state index in [4.69, 9.17) is 0 Å². The van der Waals surface area contributed by atoms with Gasteiger partial charge in [0, 0.05) is 6.20 Å². The third-order valence-electron chi connectivity index (χ3n) is 2.35. The molecule has 13 heavy (non-hydrogen) atoms. The summed E-state index contributed by atoms with van der Waals surface area (Å²) >= 11 is 0. The van der Waals surface area contributed by atoms with E-state index in [9.17, 15) is 0 Å². The first-order chi connectivity index (χ1) is 6.27. The maximum Gasteiger partial charge on any atom is 0.0519 e. The molecule has 0 bridgehead atoms. The maximum atomic E-state index is 4.37. The van der Waals surface area contributed by atoms with Crippen LogP contribution in [0.5, 0.6) is 0 Å². The highest BCUT2D eigenvalue weighted by atomic mass is 15.3. The number of hydrogen-bond donors (Lipinski definition) is 0. The third kappa shape index (κ3) is 2.87. The van der Waals surface area contributed by atoms with Gasteiger partial charge in [0.15, 0.2) is 0 Å².